The van der Waals surface area contributed by atoms with Gasteiger partial charge < -0.3 is 14.5 Å². The van der Waals surface area contributed by atoms with E-state index in [0.29, 0.717) is 30.2 Å². The molecule has 6 nitrogen and oxygen atoms in total. The van der Waals surface area contributed by atoms with Crippen LogP contribution in [-0.2, 0) is 0 Å². The summed E-state index contributed by atoms with van der Waals surface area (Å²) in [6, 6.07) is 7.49. The van der Waals surface area contributed by atoms with Crippen LogP contribution in [0.1, 0.15) is 17.4 Å². The maximum atomic E-state index is 12.7. The zero-order chi connectivity index (χ0) is 15.5. The second-order valence-corrected chi connectivity index (χ2v) is 5.30. The molecular weight excluding hydrogens is 280 g/mol. The molecular formula is C16H20N4O2. The molecule has 1 amide bonds. The van der Waals surface area contributed by atoms with Gasteiger partial charge >= 0.3 is 0 Å². The van der Waals surface area contributed by atoms with E-state index < -0.39 is 0 Å². The van der Waals surface area contributed by atoms with Gasteiger partial charge in [-0.2, -0.15) is 0 Å². The van der Waals surface area contributed by atoms with Gasteiger partial charge in [0.1, 0.15) is 0 Å². The van der Waals surface area contributed by atoms with Crippen LogP contribution in [-0.4, -0.2) is 65.5 Å². The molecule has 2 aromatic rings. The normalized spacial score (nSPS) is 16.0. The van der Waals surface area contributed by atoms with Crippen molar-refractivity contribution in [2.75, 3.05) is 39.8 Å². The molecule has 116 valence electrons. The minimum Gasteiger partial charge on any atom is -0.479 e. The summed E-state index contributed by atoms with van der Waals surface area (Å²) in [6.45, 7) is 6.36. The van der Waals surface area contributed by atoms with Gasteiger partial charge in [0, 0.05) is 26.2 Å². The number of likely N-dealkylation sites (N-methyl/N-ethyl adjacent to an activating group) is 1. The molecule has 0 radical (unpaired) electrons. The number of methoxy groups -OCH3 is 1. The van der Waals surface area contributed by atoms with Gasteiger partial charge in [0.2, 0.25) is 5.88 Å². The van der Waals surface area contributed by atoms with E-state index in [2.05, 4.69) is 21.8 Å². The van der Waals surface area contributed by atoms with Crippen molar-refractivity contribution >= 4 is 16.9 Å². The average Bonchev–Trinajstić information content (AvgIpc) is 2.60. The topological polar surface area (TPSA) is 58.6 Å². The zero-order valence-corrected chi connectivity index (χ0v) is 13.0. The summed E-state index contributed by atoms with van der Waals surface area (Å²) in [4.78, 5) is 25.8. The first-order valence-corrected chi connectivity index (χ1v) is 7.55. The van der Waals surface area contributed by atoms with E-state index >= 15 is 0 Å². The van der Waals surface area contributed by atoms with Crippen LogP contribution in [0.15, 0.2) is 24.3 Å². The Kier molecular flexibility index (Phi) is 4.20. The molecule has 3 rings (SSSR count). The fraction of sp³-hybridized carbons (Fsp3) is 0.438. The van der Waals surface area contributed by atoms with Gasteiger partial charge in [-0.25, -0.2) is 9.97 Å². The van der Waals surface area contributed by atoms with Crippen molar-refractivity contribution in [1.82, 2.24) is 19.8 Å². The van der Waals surface area contributed by atoms with Crippen molar-refractivity contribution < 1.29 is 9.53 Å². The fourth-order valence-electron chi connectivity index (χ4n) is 2.68. The van der Waals surface area contributed by atoms with Crippen LogP contribution in [0.4, 0.5) is 0 Å². The summed E-state index contributed by atoms with van der Waals surface area (Å²) in [5.41, 5.74) is 1.73. The van der Waals surface area contributed by atoms with Gasteiger partial charge in [-0.05, 0) is 18.7 Å². The van der Waals surface area contributed by atoms with Crippen molar-refractivity contribution in [1.29, 1.82) is 0 Å². The predicted molar refractivity (Wildman–Crippen MR) is 84.1 cm³/mol. The highest BCUT2D eigenvalue weighted by Gasteiger charge is 2.26. The lowest BCUT2D eigenvalue weighted by atomic mass is 10.2. The lowest BCUT2D eigenvalue weighted by molar-refractivity contribution is 0.0633. The Morgan fingerprint density at radius 2 is 1.77 bits per heavy atom. The number of fused-ring (bicyclic) bond motifs is 1. The second kappa shape index (κ2) is 6.27. The highest BCUT2D eigenvalue weighted by molar-refractivity contribution is 5.96. The molecule has 1 aromatic carbocycles. The summed E-state index contributed by atoms with van der Waals surface area (Å²) in [5.74, 6) is 0.187. The van der Waals surface area contributed by atoms with E-state index in [4.69, 9.17) is 4.74 Å². The molecule has 22 heavy (non-hydrogen) atoms. The maximum absolute atomic E-state index is 12.7. The van der Waals surface area contributed by atoms with Gasteiger partial charge in [-0.1, -0.05) is 19.1 Å². The highest BCUT2D eigenvalue weighted by atomic mass is 16.5. The monoisotopic (exact) mass is 300 g/mol. The molecule has 6 heteroatoms. The number of para-hydroxylation sites is 2. The summed E-state index contributed by atoms with van der Waals surface area (Å²) < 4.78 is 5.28. The number of benzene rings is 1. The Morgan fingerprint density at radius 3 is 2.36 bits per heavy atom. The van der Waals surface area contributed by atoms with Gasteiger partial charge in [-0.15, -0.1) is 0 Å². The molecule has 0 N–H and O–H groups in total. The molecule has 0 spiro atoms. The first-order chi connectivity index (χ1) is 10.7. The molecule has 0 unspecified atom stereocenters. The standard InChI is InChI=1S/C16H20N4O2/c1-3-19-8-10-20(11-9-19)16(21)14-15(22-2)18-13-7-5-4-6-12(13)17-14/h4-7H,3,8-11H2,1-2H3. The number of nitrogens with zero attached hydrogens (tertiary/aromatic N) is 4. The quantitative estimate of drug-likeness (QED) is 0.858. The van der Waals surface area contributed by atoms with E-state index in [1.165, 1.54) is 7.11 Å². The van der Waals surface area contributed by atoms with Crippen LogP contribution in [0.5, 0.6) is 5.88 Å². The Balaban J connectivity index is 1.90. The Hall–Kier alpha value is -2.21. The summed E-state index contributed by atoms with van der Waals surface area (Å²) in [7, 11) is 1.52. The van der Waals surface area contributed by atoms with Crippen molar-refractivity contribution in [3.63, 3.8) is 0 Å². The smallest absolute Gasteiger partial charge is 0.278 e. The molecule has 1 aromatic heterocycles. The molecule has 1 fully saturated rings. The summed E-state index contributed by atoms with van der Waals surface area (Å²) >= 11 is 0. The molecule has 0 saturated carbocycles. The van der Waals surface area contributed by atoms with E-state index in [1.54, 1.807) is 0 Å². The number of aromatic nitrogens is 2. The van der Waals surface area contributed by atoms with E-state index in [9.17, 15) is 4.79 Å². The van der Waals surface area contributed by atoms with E-state index in [-0.39, 0.29) is 5.91 Å². The second-order valence-electron chi connectivity index (χ2n) is 5.30. The number of piperazine rings is 1. The van der Waals surface area contributed by atoms with Crippen molar-refractivity contribution in [3.05, 3.63) is 30.0 Å². The van der Waals surface area contributed by atoms with Crippen LogP contribution in [0.2, 0.25) is 0 Å². The van der Waals surface area contributed by atoms with Crippen LogP contribution in [0, 0.1) is 0 Å². The first kappa shape index (κ1) is 14.7. The molecule has 0 bridgehead atoms. The number of amides is 1. The van der Waals surface area contributed by atoms with Crippen LogP contribution in [0.25, 0.3) is 11.0 Å². The van der Waals surface area contributed by atoms with Crippen LogP contribution in [0.3, 0.4) is 0 Å². The minimum atomic E-state index is -0.106. The molecule has 2 heterocycles. The number of rotatable bonds is 3. The number of hydrogen-bond donors (Lipinski definition) is 0. The molecule has 0 atom stereocenters. The summed E-state index contributed by atoms with van der Waals surface area (Å²) in [5, 5.41) is 0. The van der Waals surface area contributed by atoms with E-state index in [0.717, 1.165) is 25.2 Å². The minimum absolute atomic E-state index is 0.106. The van der Waals surface area contributed by atoms with Gasteiger partial charge in [-0.3, -0.25) is 4.79 Å². The molecule has 1 aliphatic heterocycles. The fourth-order valence-corrected chi connectivity index (χ4v) is 2.68. The third kappa shape index (κ3) is 2.74. The van der Waals surface area contributed by atoms with Crippen LogP contribution < -0.4 is 4.74 Å². The lowest BCUT2D eigenvalue weighted by Crippen LogP contribution is -2.48. The largest absolute Gasteiger partial charge is 0.479 e. The Labute approximate surface area is 129 Å². The Bertz CT molecular complexity index is 681. The third-order valence-electron chi connectivity index (χ3n) is 4.04. The maximum Gasteiger partial charge on any atom is 0.278 e. The Morgan fingerprint density at radius 1 is 1.14 bits per heavy atom. The first-order valence-electron chi connectivity index (χ1n) is 7.55. The number of hydrogen-bond acceptors (Lipinski definition) is 5. The van der Waals surface area contributed by atoms with Gasteiger partial charge in [0.25, 0.3) is 5.91 Å². The molecule has 0 aliphatic carbocycles. The highest BCUT2D eigenvalue weighted by Crippen LogP contribution is 2.20. The summed E-state index contributed by atoms with van der Waals surface area (Å²) in [6.07, 6.45) is 0. The molecule has 1 saturated heterocycles. The zero-order valence-electron chi connectivity index (χ0n) is 13.0. The number of ether oxygens (including phenoxy) is 1. The third-order valence-corrected chi connectivity index (χ3v) is 4.04. The van der Waals surface area contributed by atoms with Crippen molar-refractivity contribution in [2.24, 2.45) is 0 Å². The molecule has 1 aliphatic rings. The van der Waals surface area contributed by atoms with Gasteiger partial charge in [0.15, 0.2) is 5.69 Å². The lowest BCUT2D eigenvalue weighted by Gasteiger charge is -2.33. The average molecular weight is 300 g/mol. The predicted octanol–water partition coefficient (Wildman–Crippen LogP) is 1.42. The van der Waals surface area contributed by atoms with Crippen molar-refractivity contribution in [3.8, 4) is 5.88 Å². The SMILES string of the molecule is CCN1CCN(C(=O)c2nc3ccccc3nc2OC)CC1. The van der Waals surface area contributed by atoms with Gasteiger partial charge in [0.05, 0.1) is 18.1 Å². The van der Waals surface area contributed by atoms with Crippen LogP contribution >= 0.6 is 0 Å². The number of carbonyl (C=O) groups excluding carboxylic acids is 1. The van der Waals surface area contributed by atoms with E-state index in [1.807, 2.05) is 29.2 Å². The number of carbonyl (C=O) groups is 1. The van der Waals surface area contributed by atoms with Crippen molar-refractivity contribution in [2.45, 2.75) is 6.92 Å².